The number of pyridine rings is 1. The molecule has 40 heavy (non-hydrogen) atoms. The molecule has 8 aromatic rings. The van der Waals surface area contributed by atoms with Crippen molar-refractivity contribution >= 4 is 43.9 Å². The van der Waals surface area contributed by atoms with Crippen molar-refractivity contribution in [1.29, 1.82) is 0 Å². The van der Waals surface area contributed by atoms with E-state index in [-0.39, 0.29) is 0 Å². The molecule has 0 atom stereocenters. The van der Waals surface area contributed by atoms with Crippen LogP contribution in [0.4, 0.5) is 0 Å². The van der Waals surface area contributed by atoms with Crippen molar-refractivity contribution in [3.63, 3.8) is 0 Å². The lowest BCUT2D eigenvalue weighted by Gasteiger charge is -2.11. The Hall–Kier alpha value is -5.15. The average molecular weight is 515 g/mol. The van der Waals surface area contributed by atoms with Gasteiger partial charge in [-0.1, -0.05) is 59.7 Å². The van der Waals surface area contributed by atoms with Crippen molar-refractivity contribution in [2.24, 2.45) is 0 Å². The summed E-state index contributed by atoms with van der Waals surface area (Å²) in [4.78, 5) is 4.56. The zero-order chi connectivity index (χ0) is 26.8. The number of rotatable bonds is 3. The van der Waals surface area contributed by atoms with E-state index in [1.54, 1.807) is 0 Å². The third-order valence-corrected chi connectivity index (χ3v) is 7.93. The van der Waals surface area contributed by atoms with Crippen LogP contribution in [-0.2, 0) is 0 Å². The molecule has 190 valence electrons. The second-order valence-corrected chi connectivity index (χ2v) is 10.7. The van der Waals surface area contributed by atoms with Gasteiger partial charge < -0.3 is 8.98 Å². The van der Waals surface area contributed by atoms with Crippen LogP contribution in [0.2, 0.25) is 0 Å². The van der Waals surface area contributed by atoms with E-state index in [0.29, 0.717) is 0 Å². The van der Waals surface area contributed by atoms with E-state index in [9.17, 15) is 0 Å². The number of benzene rings is 5. The van der Waals surface area contributed by atoms with Crippen molar-refractivity contribution in [3.05, 3.63) is 133 Å². The summed E-state index contributed by atoms with van der Waals surface area (Å²) in [6.07, 6.45) is 1.82. The van der Waals surface area contributed by atoms with Crippen LogP contribution in [0, 0.1) is 13.8 Å². The molecule has 0 saturated heterocycles. The molecule has 0 saturated carbocycles. The summed E-state index contributed by atoms with van der Waals surface area (Å²) in [5.74, 6) is 0. The van der Waals surface area contributed by atoms with Crippen LogP contribution >= 0.6 is 0 Å². The minimum Gasteiger partial charge on any atom is -0.454 e. The number of aryl methyl sites for hydroxylation is 2. The lowest BCUT2D eigenvalue weighted by molar-refractivity contribution is 0.668. The Balaban J connectivity index is 1.26. The molecule has 0 N–H and O–H groups in total. The molecule has 3 aromatic heterocycles. The Labute approximate surface area is 231 Å². The van der Waals surface area contributed by atoms with Crippen LogP contribution in [0.25, 0.3) is 71.8 Å². The van der Waals surface area contributed by atoms with Crippen molar-refractivity contribution in [3.8, 4) is 27.9 Å². The molecule has 5 aromatic carbocycles. The van der Waals surface area contributed by atoms with Gasteiger partial charge in [0.05, 0.1) is 11.0 Å². The topological polar surface area (TPSA) is 31.0 Å². The van der Waals surface area contributed by atoms with E-state index < -0.39 is 0 Å². The van der Waals surface area contributed by atoms with Crippen molar-refractivity contribution < 1.29 is 4.42 Å². The van der Waals surface area contributed by atoms with E-state index in [4.69, 9.17) is 4.42 Å². The van der Waals surface area contributed by atoms with Gasteiger partial charge in [0, 0.05) is 28.0 Å². The summed E-state index contributed by atoms with van der Waals surface area (Å²) in [6, 6.07) is 41.4. The van der Waals surface area contributed by atoms with Gasteiger partial charge in [-0.05, 0) is 103 Å². The van der Waals surface area contributed by atoms with E-state index in [1.165, 1.54) is 44.1 Å². The summed E-state index contributed by atoms with van der Waals surface area (Å²) < 4.78 is 8.38. The van der Waals surface area contributed by atoms with Gasteiger partial charge in [0.2, 0.25) is 0 Å². The average Bonchev–Trinajstić information content (AvgIpc) is 3.52. The maximum absolute atomic E-state index is 5.99. The summed E-state index contributed by atoms with van der Waals surface area (Å²) in [5.41, 5.74) is 13.4. The molecule has 8 rings (SSSR count). The summed E-state index contributed by atoms with van der Waals surface area (Å²) in [7, 11) is 0. The van der Waals surface area contributed by atoms with Gasteiger partial charge in [0.15, 0.2) is 5.58 Å². The van der Waals surface area contributed by atoms with Gasteiger partial charge in [-0.3, -0.25) is 4.98 Å². The Morgan fingerprint density at radius 2 is 1.18 bits per heavy atom. The molecule has 0 radical (unpaired) electrons. The first kappa shape index (κ1) is 22.8. The fourth-order valence-corrected chi connectivity index (χ4v) is 6.01. The molecule has 0 bridgehead atoms. The molecule has 3 heterocycles. The van der Waals surface area contributed by atoms with Gasteiger partial charge in [-0.15, -0.1) is 0 Å². The first-order chi connectivity index (χ1) is 19.6. The van der Waals surface area contributed by atoms with E-state index >= 15 is 0 Å². The third-order valence-electron chi connectivity index (χ3n) is 7.93. The molecule has 0 fully saturated rings. The SMILES string of the molecule is Cc1ccc2c(c1)c1cc(C)ccc1n2-c1cccc(-c2cccc(-c3ccc4oc5cccnc5c4c3)c2)c1. The standard InChI is InChI=1S/C37H26N2O/c1-23-11-14-33-30(18-23)31-19-24(2)12-15-34(31)39(33)29-9-4-8-27(21-29)25-6-3-7-26(20-25)28-13-16-35-32(22-28)37-36(40-35)10-5-17-38-37/h3-22H,1-2H3. The predicted octanol–water partition coefficient (Wildman–Crippen LogP) is 10.0. The van der Waals surface area contributed by atoms with Crippen LogP contribution in [0.1, 0.15) is 11.1 Å². The van der Waals surface area contributed by atoms with Crippen LogP contribution < -0.4 is 0 Å². The smallest absolute Gasteiger partial charge is 0.153 e. The second-order valence-electron chi connectivity index (χ2n) is 10.7. The minimum atomic E-state index is 0.815. The molecule has 3 heteroatoms. The molecule has 0 aliphatic heterocycles. The van der Waals surface area contributed by atoms with Crippen molar-refractivity contribution in [2.75, 3.05) is 0 Å². The van der Waals surface area contributed by atoms with Gasteiger partial charge in [-0.25, -0.2) is 0 Å². The van der Waals surface area contributed by atoms with Gasteiger partial charge in [0.1, 0.15) is 11.1 Å². The largest absolute Gasteiger partial charge is 0.454 e. The molecular formula is C37H26N2O. The minimum absolute atomic E-state index is 0.815. The molecule has 0 unspecified atom stereocenters. The summed E-state index contributed by atoms with van der Waals surface area (Å²) in [6.45, 7) is 4.32. The highest BCUT2D eigenvalue weighted by atomic mass is 16.3. The zero-order valence-electron chi connectivity index (χ0n) is 22.3. The highest BCUT2D eigenvalue weighted by Gasteiger charge is 2.14. The van der Waals surface area contributed by atoms with Crippen LogP contribution in [0.15, 0.2) is 126 Å². The highest BCUT2D eigenvalue weighted by molar-refractivity contribution is 6.10. The predicted molar refractivity (Wildman–Crippen MR) is 166 cm³/mol. The monoisotopic (exact) mass is 514 g/mol. The number of aromatic nitrogens is 2. The first-order valence-corrected chi connectivity index (χ1v) is 13.6. The second kappa shape index (κ2) is 8.69. The fourth-order valence-electron chi connectivity index (χ4n) is 6.01. The summed E-state index contributed by atoms with van der Waals surface area (Å²) in [5, 5.41) is 3.63. The van der Waals surface area contributed by atoms with E-state index in [1.807, 2.05) is 24.4 Å². The first-order valence-electron chi connectivity index (χ1n) is 13.6. The maximum atomic E-state index is 5.99. The number of nitrogens with zero attached hydrogens (tertiary/aromatic N) is 2. The number of hydrogen-bond acceptors (Lipinski definition) is 2. The van der Waals surface area contributed by atoms with Crippen LogP contribution in [-0.4, -0.2) is 9.55 Å². The molecule has 0 aliphatic carbocycles. The van der Waals surface area contributed by atoms with Crippen molar-refractivity contribution in [1.82, 2.24) is 9.55 Å². The number of fused-ring (bicyclic) bond motifs is 6. The number of hydrogen-bond donors (Lipinski definition) is 0. The number of furan rings is 1. The summed E-state index contributed by atoms with van der Waals surface area (Å²) >= 11 is 0. The van der Waals surface area contributed by atoms with E-state index in [2.05, 4.69) is 120 Å². The third kappa shape index (κ3) is 3.55. The fraction of sp³-hybridized carbons (Fsp3) is 0.0541. The van der Waals surface area contributed by atoms with Crippen LogP contribution in [0.3, 0.4) is 0 Å². The molecule has 0 amide bonds. The van der Waals surface area contributed by atoms with Crippen LogP contribution in [0.5, 0.6) is 0 Å². The molecule has 0 spiro atoms. The Morgan fingerprint density at radius 3 is 1.90 bits per heavy atom. The Bertz CT molecular complexity index is 2190. The zero-order valence-corrected chi connectivity index (χ0v) is 22.3. The highest BCUT2D eigenvalue weighted by Crippen LogP contribution is 2.36. The molecule has 0 aliphatic rings. The van der Waals surface area contributed by atoms with Gasteiger partial charge >= 0.3 is 0 Å². The Morgan fingerprint density at radius 1 is 0.525 bits per heavy atom. The molecular weight excluding hydrogens is 488 g/mol. The lowest BCUT2D eigenvalue weighted by atomic mass is 9.98. The van der Waals surface area contributed by atoms with E-state index in [0.717, 1.165) is 38.9 Å². The maximum Gasteiger partial charge on any atom is 0.153 e. The normalized spacial score (nSPS) is 11.8. The molecule has 3 nitrogen and oxygen atoms in total. The van der Waals surface area contributed by atoms with Gasteiger partial charge in [0.25, 0.3) is 0 Å². The lowest BCUT2D eigenvalue weighted by Crippen LogP contribution is -1.94. The Kier molecular flexibility index (Phi) is 4.95. The van der Waals surface area contributed by atoms with Gasteiger partial charge in [-0.2, -0.15) is 0 Å². The quantitative estimate of drug-likeness (QED) is 0.235. The van der Waals surface area contributed by atoms with Crippen molar-refractivity contribution in [2.45, 2.75) is 13.8 Å².